The van der Waals surface area contributed by atoms with E-state index in [1.807, 2.05) is 6.07 Å². The maximum absolute atomic E-state index is 12.6. The third-order valence-electron chi connectivity index (χ3n) is 5.74. The number of anilines is 1. The topological polar surface area (TPSA) is 40.5 Å². The molecule has 28 heavy (non-hydrogen) atoms. The van der Waals surface area contributed by atoms with Gasteiger partial charge in [-0.15, -0.1) is 0 Å². The Kier molecular flexibility index (Phi) is 5.64. The van der Waals surface area contributed by atoms with E-state index >= 15 is 0 Å². The van der Waals surface area contributed by atoms with E-state index < -0.39 is 0 Å². The molecule has 2 heterocycles. The Morgan fingerprint density at radius 3 is 2.39 bits per heavy atom. The van der Waals surface area contributed by atoms with Crippen molar-refractivity contribution in [2.45, 2.75) is 26.8 Å². The van der Waals surface area contributed by atoms with Gasteiger partial charge in [0.1, 0.15) is 0 Å². The minimum Gasteiger partial charge on any atom is -0.341 e. The third-order valence-corrected chi connectivity index (χ3v) is 5.74. The second kappa shape index (κ2) is 8.33. The molecule has 1 aliphatic heterocycles. The number of benzene rings is 2. The maximum atomic E-state index is 12.6. The van der Waals surface area contributed by atoms with Crippen LogP contribution in [0.2, 0.25) is 0 Å². The smallest absolute Gasteiger partial charge is 0.238 e. The van der Waals surface area contributed by atoms with Gasteiger partial charge in [-0.05, 0) is 44.2 Å². The number of piperazine rings is 1. The Labute approximate surface area is 166 Å². The quantitative estimate of drug-likeness (QED) is 0.710. The van der Waals surface area contributed by atoms with E-state index in [0.29, 0.717) is 6.54 Å². The number of rotatable bonds is 6. The second-order valence-corrected chi connectivity index (χ2v) is 7.66. The average molecular weight is 379 g/mol. The number of nitrogens with one attached hydrogen (secondary N) is 1. The van der Waals surface area contributed by atoms with Gasteiger partial charge in [0.05, 0.1) is 6.54 Å². The number of para-hydroxylation sites is 1. The van der Waals surface area contributed by atoms with Gasteiger partial charge in [-0.1, -0.05) is 25.1 Å². The van der Waals surface area contributed by atoms with Crippen LogP contribution in [0.15, 0.2) is 42.5 Å². The summed E-state index contributed by atoms with van der Waals surface area (Å²) in [5, 5.41) is 5.54. The lowest BCUT2D eigenvalue weighted by molar-refractivity contribution is -0.117. The molecule has 2 aromatic carbocycles. The molecular weight excluding hydrogens is 348 g/mol. The molecular formula is C23H30N4O. The molecule has 1 aliphatic rings. The number of amides is 1. The molecule has 0 saturated carbocycles. The number of nitrogens with zero attached hydrogens (tertiary/aromatic N) is 3. The number of aromatic nitrogens is 1. The van der Waals surface area contributed by atoms with Gasteiger partial charge in [0.2, 0.25) is 5.91 Å². The van der Waals surface area contributed by atoms with Gasteiger partial charge in [0.25, 0.3) is 0 Å². The van der Waals surface area contributed by atoms with Crippen molar-refractivity contribution >= 4 is 33.4 Å². The zero-order valence-corrected chi connectivity index (χ0v) is 16.9. The van der Waals surface area contributed by atoms with Gasteiger partial charge < -0.3 is 14.8 Å². The summed E-state index contributed by atoms with van der Waals surface area (Å²) in [4.78, 5) is 17.3. The standard InChI is InChI=1S/C23H30N4O/c1-3-11-25-12-14-26(15-13-25)17-23(28)24-18-9-10-22-20(16-18)19-7-5-6-8-21(19)27(22)4-2/h5-10,16H,3-4,11-15,17H2,1-2H3,(H,24,28). The molecule has 3 aromatic rings. The Bertz CT molecular complexity index is 969. The van der Waals surface area contributed by atoms with Gasteiger partial charge in [-0.3, -0.25) is 9.69 Å². The number of hydrogen-bond acceptors (Lipinski definition) is 3. The zero-order valence-electron chi connectivity index (χ0n) is 16.9. The zero-order chi connectivity index (χ0) is 19.5. The maximum Gasteiger partial charge on any atom is 0.238 e. The Hall–Kier alpha value is -2.37. The SMILES string of the molecule is CCCN1CCN(CC(=O)Nc2ccc3c(c2)c2ccccc2n3CC)CC1. The summed E-state index contributed by atoms with van der Waals surface area (Å²) in [6.07, 6.45) is 1.19. The van der Waals surface area contributed by atoms with Crippen molar-refractivity contribution in [1.29, 1.82) is 0 Å². The second-order valence-electron chi connectivity index (χ2n) is 7.66. The first-order valence-corrected chi connectivity index (χ1v) is 10.4. The van der Waals surface area contributed by atoms with Crippen molar-refractivity contribution in [3.8, 4) is 0 Å². The summed E-state index contributed by atoms with van der Waals surface area (Å²) in [7, 11) is 0. The fraction of sp³-hybridized carbons (Fsp3) is 0.435. The van der Waals surface area contributed by atoms with Crippen molar-refractivity contribution in [3.05, 3.63) is 42.5 Å². The average Bonchev–Trinajstić information content (AvgIpc) is 3.03. The molecule has 4 rings (SSSR count). The Morgan fingerprint density at radius 2 is 1.64 bits per heavy atom. The van der Waals surface area contributed by atoms with Crippen LogP contribution in [0.1, 0.15) is 20.3 Å². The van der Waals surface area contributed by atoms with Crippen LogP contribution in [-0.2, 0) is 11.3 Å². The Balaban J connectivity index is 1.46. The third kappa shape index (κ3) is 3.77. The number of carbonyl (C=O) groups is 1. The van der Waals surface area contributed by atoms with E-state index in [9.17, 15) is 4.79 Å². The monoisotopic (exact) mass is 378 g/mol. The van der Waals surface area contributed by atoms with E-state index in [-0.39, 0.29) is 5.91 Å². The number of fused-ring (bicyclic) bond motifs is 3. The highest BCUT2D eigenvalue weighted by Crippen LogP contribution is 2.30. The van der Waals surface area contributed by atoms with Crippen LogP contribution in [0.3, 0.4) is 0 Å². The minimum atomic E-state index is 0.0718. The molecule has 0 radical (unpaired) electrons. The van der Waals surface area contributed by atoms with Crippen molar-refractivity contribution in [1.82, 2.24) is 14.4 Å². The molecule has 1 saturated heterocycles. The molecule has 5 nitrogen and oxygen atoms in total. The highest BCUT2D eigenvalue weighted by atomic mass is 16.2. The van der Waals surface area contributed by atoms with E-state index in [2.05, 4.69) is 69.9 Å². The largest absolute Gasteiger partial charge is 0.341 e. The molecule has 1 amide bonds. The fourth-order valence-corrected chi connectivity index (χ4v) is 4.36. The summed E-state index contributed by atoms with van der Waals surface area (Å²) >= 11 is 0. The molecule has 0 atom stereocenters. The van der Waals surface area contributed by atoms with Gasteiger partial charge >= 0.3 is 0 Å². The predicted molar refractivity (Wildman–Crippen MR) is 117 cm³/mol. The van der Waals surface area contributed by atoms with Crippen LogP contribution >= 0.6 is 0 Å². The van der Waals surface area contributed by atoms with Crippen molar-refractivity contribution < 1.29 is 4.79 Å². The summed E-state index contributed by atoms with van der Waals surface area (Å²) in [5.41, 5.74) is 3.34. The van der Waals surface area contributed by atoms with Gasteiger partial charge in [-0.25, -0.2) is 0 Å². The Morgan fingerprint density at radius 1 is 0.929 bits per heavy atom. The molecule has 0 unspecified atom stereocenters. The first kappa shape index (κ1) is 19.0. The normalized spacial score (nSPS) is 16.1. The van der Waals surface area contributed by atoms with Crippen LogP contribution in [0.25, 0.3) is 21.8 Å². The van der Waals surface area contributed by atoms with Crippen LogP contribution < -0.4 is 5.32 Å². The summed E-state index contributed by atoms with van der Waals surface area (Å²) in [6.45, 7) is 11.0. The van der Waals surface area contributed by atoms with E-state index in [0.717, 1.165) is 45.0 Å². The lowest BCUT2D eigenvalue weighted by Gasteiger charge is -2.34. The highest BCUT2D eigenvalue weighted by Gasteiger charge is 2.18. The lowest BCUT2D eigenvalue weighted by Crippen LogP contribution is -2.48. The lowest BCUT2D eigenvalue weighted by atomic mass is 10.1. The van der Waals surface area contributed by atoms with E-state index in [1.165, 1.54) is 28.2 Å². The molecule has 0 aliphatic carbocycles. The molecule has 1 aromatic heterocycles. The van der Waals surface area contributed by atoms with Crippen LogP contribution in [0.4, 0.5) is 5.69 Å². The molecule has 148 valence electrons. The van der Waals surface area contributed by atoms with Crippen LogP contribution in [-0.4, -0.2) is 59.5 Å². The van der Waals surface area contributed by atoms with Crippen LogP contribution in [0, 0.1) is 0 Å². The first-order chi connectivity index (χ1) is 13.7. The molecule has 1 fully saturated rings. The predicted octanol–water partition coefficient (Wildman–Crippen LogP) is 3.78. The first-order valence-electron chi connectivity index (χ1n) is 10.4. The van der Waals surface area contributed by atoms with Crippen LogP contribution in [0.5, 0.6) is 0 Å². The number of aryl methyl sites for hydroxylation is 1. The fourth-order valence-electron chi connectivity index (χ4n) is 4.36. The number of carbonyl (C=O) groups excluding carboxylic acids is 1. The summed E-state index contributed by atoms with van der Waals surface area (Å²) in [5.74, 6) is 0.0718. The summed E-state index contributed by atoms with van der Waals surface area (Å²) < 4.78 is 2.33. The molecule has 0 spiro atoms. The minimum absolute atomic E-state index is 0.0718. The van der Waals surface area contributed by atoms with Crippen molar-refractivity contribution in [2.75, 3.05) is 44.6 Å². The van der Waals surface area contributed by atoms with Crippen molar-refractivity contribution in [3.63, 3.8) is 0 Å². The molecule has 0 bridgehead atoms. The van der Waals surface area contributed by atoms with E-state index in [1.54, 1.807) is 0 Å². The molecule has 1 N–H and O–H groups in total. The number of hydrogen-bond donors (Lipinski definition) is 1. The van der Waals surface area contributed by atoms with Crippen molar-refractivity contribution in [2.24, 2.45) is 0 Å². The van der Waals surface area contributed by atoms with E-state index in [4.69, 9.17) is 0 Å². The highest BCUT2D eigenvalue weighted by molar-refractivity contribution is 6.09. The van der Waals surface area contributed by atoms with Gasteiger partial charge in [0, 0.05) is 60.2 Å². The van der Waals surface area contributed by atoms with Gasteiger partial charge in [0.15, 0.2) is 0 Å². The summed E-state index contributed by atoms with van der Waals surface area (Å²) in [6, 6.07) is 14.7. The molecule has 5 heteroatoms. The van der Waals surface area contributed by atoms with Gasteiger partial charge in [-0.2, -0.15) is 0 Å².